The summed E-state index contributed by atoms with van der Waals surface area (Å²) in [6.07, 6.45) is 0. The quantitative estimate of drug-likeness (QED) is 0.918. The first-order valence-corrected chi connectivity index (χ1v) is 8.36. The standard InChI is InChI=1S/C17H24ClN3O2/c1-12(2)17(23)21-10-8-20(9-11-21)13(3)16(22)19-15-7-5-4-6-14(15)18/h4-7,12-13H,8-11H2,1-3H3,(H,19,22). The molecule has 1 N–H and O–H groups in total. The molecule has 1 aromatic rings. The van der Waals surface area contributed by atoms with Gasteiger partial charge in [0, 0.05) is 32.1 Å². The summed E-state index contributed by atoms with van der Waals surface area (Å²) in [4.78, 5) is 28.4. The maximum atomic E-state index is 12.4. The molecule has 0 spiro atoms. The van der Waals surface area contributed by atoms with Gasteiger partial charge in [-0.15, -0.1) is 0 Å². The monoisotopic (exact) mass is 337 g/mol. The number of rotatable bonds is 4. The van der Waals surface area contributed by atoms with Crippen LogP contribution >= 0.6 is 11.6 Å². The van der Waals surface area contributed by atoms with E-state index in [0.29, 0.717) is 36.9 Å². The van der Waals surface area contributed by atoms with Crippen LogP contribution in [0, 0.1) is 5.92 Å². The molecule has 6 heteroatoms. The lowest BCUT2D eigenvalue weighted by Gasteiger charge is -2.38. The predicted molar refractivity (Wildman–Crippen MR) is 92.5 cm³/mol. The highest BCUT2D eigenvalue weighted by atomic mass is 35.5. The minimum absolute atomic E-state index is 0.0162. The van der Waals surface area contributed by atoms with Crippen molar-refractivity contribution in [2.45, 2.75) is 26.8 Å². The molecule has 0 saturated carbocycles. The van der Waals surface area contributed by atoms with E-state index in [2.05, 4.69) is 10.2 Å². The number of piperazine rings is 1. The summed E-state index contributed by atoms with van der Waals surface area (Å²) in [6, 6.07) is 6.93. The molecule has 2 rings (SSSR count). The number of amides is 2. The summed E-state index contributed by atoms with van der Waals surface area (Å²) < 4.78 is 0. The second-order valence-corrected chi connectivity index (χ2v) is 6.57. The maximum Gasteiger partial charge on any atom is 0.241 e. The largest absolute Gasteiger partial charge is 0.340 e. The summed E-state index contributed by atoms with van der Waals surface area (Å²) in [5.74, 6) is 0.113. The Hall–Kier alpha value is -1.59. The number of benzene rings is 1. The van der Waals surface area contributed by atoms with E-state index in [9.17, 15) is 9.59 Å². The second-order valence-electron chi connectivity index (χ2n) is 6.16. The van der Waals surface area contributed by atoms with Gasteiger partial charge in [0.2, 0.25) is 11.8 Å². The predicted octanol–water partition coefficient (Wildman–Crippen LogP) is 2.47. The molecule has 23 heavy (non-hydrogen) atoms. The summed E-state index contributed by atoms with van der Waals surface area (Å²) >= 11 is 6.07. The Bertz CT molecular complexity index is 569. The summed E-state index contributed by atoms with van der Waals surface area (Å²) in [7, 11) is 0. The molecule has 0 radical (unpaired) electrons. The van der Waals surface area contributed by atoms with Crippen LogP contribution in [0.4, 0.5) is 5.69 Å². The second kappa shape index (κ2) is 7.79. The van der Waals surface area contributed by atoms with Gasteiger partial charge in [-0.05, 0) is 19.1 Å². The van der Waals surface area contributed by atoms with Crippen LogP contribution in [0.2, 0.25) is 5.02 Å². The first-order chi connectivity index (χ1) is 10.9. The average molecular weight is 338 g/mol. The highest BCUT2D eigenvalue weighted by Gasteiger charge is 2.28. The molecule has 126 valence electrons. The van der Waals surface area contributed by atoms with Gasteiger partial charge in [-0.3, -0.25) is 14.5 Å². The van der Waals surface area contributed by atoms with Gasteiger partial charge in [-0.1, -0.05) is 37.6 Å². The third-order valence-corrected chi connectivity index (χ3v) is 4.51. The van der Waals surface area contributed by atoms with Crippen molar-refractivity contribution in [3.63, 3.8) is 0 Å². The van der Waals surface area contributed by atoms with Gasteiger partial charge in [0.25, 0.3) is 0 Å². The van der Waals surface area contributed by atoms with Crippen molar-refractivity contribution in [3.8, 4) is 0 Å². The van der Waals surface area contributed by atoms with Gasteiger partial charge in [-0.2, -0.15) is 0 Å². The van der Waals surface area contributed by atoms with Crippen molar-refractivity contribution < 1.29 is 9.59 Å². The Morgan fingerprint density at radius 2 is 1.70 bits per heavy atom. The fraction of sp³-hybridized carbons (Fsp3) is 0.529. The summed E-state index contributed by atoms with van der Waals surface area (Å²) in [6.45, 7) is 8.45. The minimum atomic E-state index is -0.262. The lowest BCUT2D eigenvalue weighted by molar-refractivity contribution is -0.136. The van der Waals surface area contributed by atoms with Gasteiger partial charge < -0.3 is 10.2 Å². The van der Waals surface area contributed by atoms with Crippen LogP contribution < -0.4 is 5.32 Å². The first-order valence-electron chi connectivity index (χ1n) is 7.98. The molecule has 1 heterocycles. The Kier molecular flexibility index (Phi) is 6.02. The molecule has 0 aromatic heterocycles. The number of carbonyl (C=O) groups excluding carboxylic acids is 2. The average Bonchev–Trinajstić information content (AvgIpc) is 2.55. The first kappa shape index (κ1) is 17.8. The molecule has 1 saturated heterocycles. The molecule has 5 nitrogen and oxygen atoms in total. The molecule has 0 aliphatic carbocycles. The smallest absolute Gasteiger partial charge is 0.241 e. The molecule has 2 amide bonds. The molecule has 1 atom stereocenters. The maximum absolute atomic E-state index is 12.4. The molecular formula is C17H24ClN3O2. The zero-order valence-corrected chi connectivity index (χ0v) is 14.6. The van der Waals surface area contributed by atoms with Crippen molar-refractivity contribution in [3.05, 3.63) is 29.3 Å². The van der Waals surface area contributed by atoms with Crippen molar-refractivity contribution in [2.24, 2.45) is 5.92 Å². The molecule has 0 bridgehead atoms. The third-order valence-electron chi connectivity index (χ3n) is 4.18. The van der Waals surface area contributed by atoms with Gasteiger partial charge in [0.05, 0.1) is 16.8 Å². The van der Waals surface area contributed by atoms with Crippen LogP contribution in [-0.2, 0) is 9.59 Å². The number of para-hydroxylation sites is 1. The van der Waals surface area contributed by atoms with Gasteiger partial charge in [-0.25, -0.2) is 0 Å². The van der Waals surface area contributed by atoms with E-state index < -0.39 is 0 Å². The van der Waals surface area contributed by atoms with Gasteiger partial charge >= 0.3 is 0 Å². The number of carbonyl (C=O) groups is 2. The topological polar surface area (TPSA) is 52.7 Å². The lowest BCUT2D eigenvalue weighted by atomic mass is 10.1. The van der Waals surface area contributed by atoms with Crippen LogP contribution in [0.5, 0.6) is 0 Å². The van der Waals surface area contributed by atoms with Crippen LogP contribution in [0.15, 0.2) is 24.3 Å². The fourth-order valence-corrected chi connectivity index (χ4v) is 2.84. The van der Waals surface area contributed by atoms with Crippen LogP contribution in [0.1, 0.15) is 20.8 Å². The van der Waals surface area contributed by atoms with Crippen molar-refractivity contribution in [1.82, 2.24) is 9.80 Å². The number of halogens is 1. The molecule has 1 unspecified atom stereocenters. The summed E-state index contributed by atoms with van der Waals surface area (Å²) in [5.41, 5.74) is 0.625. The Labute approximate surface area is 142 Å². The SMILES string of the molecule is CC(C)C(=O)N1CCN(C(C)C(=O)Nc2ccccc2Cl)CC1. The Balaban J connectivity index is 1.89. The number of nitrogens with zero attached hydrogens (tertiary/aromatic N) is 2. The highest BCUT2D eigenvalue weighted by molar-refractivity contribution is 6.33. The third kappa shape index (κ3) is 4.45. The van der Waals surface area contributed by atoms with E-state index in [4.69, 9.17) is 11.6 Å². The zero-order valence-electron chi connectivity index (χ0n) is 13.9. The van der Waals surface area contributed by atoms with Crippen LogP contribution in [0.3, 0.4) is 0 Å². The number of nitrogens with one attached hydrogen (secondary N) is 1. The Morgan fingerprint density at radius 3 is 2.26 bits per heavy atom. The van der Waals surface area contributed by atoms with E-state index in [1.54, 1.807) is 12.1 Å². The van der Waals surface area contributed by atoms with Crippen LogP contribution in [0.25, 0.3) is 0 Å². The molecule has 1 aliphatic heterocycles. The Morgan fingerprint density at radius 1 is 1.09 bits per heavy atom. The van der Waals surface area contributed by atoms with Gasteiger partial charge in [0.15, 0.2) is 0 Å². The lowest BCUT2D eigenvalue weighted by Crippen LogP contribution is -2.54. The van der Waals surface area contributed by atoms with Gasteiger partial charge in [0.1, 0.15) is 0 Å². The van der Waals surface area contributed by atoms with Crippen molar-refractivity contribution in [1.29, 1.82) is 0 Å². The normalized spacial score (nSPS) is 17.2. The van der Waals surface area contributed by atoms with E-state index in [0.717, 1.165) is 0 Å². The van der Waals surface area contributed by atoms with E-state index in [1.807, 2.05) is 37.8 Å². The number of hydrogen-bond donors (Lipinski definition) is 1. The fourth-order valence-electron chi connectivity index (χ4n) is 2.66. The number of hydrogen-bond acceptors (Lipinski definition) is 3. The van der Waals surface area contributed by atoms with Crippen LogP contribution in [-0.4, -0.2) is 53.8 Å². The molecule has 1 aromatic carbocycles. The number of anilines is 1. The molecular weight excluding hydrogens is 314 g/mol. The van der Waals surface area contributed by atoms with E-state index >= 15 is 0 Å². The van der Waals surface area contributed by atoms with Crippen molar-refractivity contribution in [2.75, 3.05) is 31.5 Å². The van der Waals surface area contributed by atoms with E-state index in [-0.39, 0.29) is 23.8 Å². The highest BCUT2D eigenvalue weighted by Crippen LogP contribution is 2.21. The summed E-state index contributed by atoms with van der Waals surface area (Å²) in [5, 5.41) is 3.39. The zero-order chi connectivity index (χ0) is 17.0. The minimum Gasteiger partial charge on any atom is -0.340 e. The molecule has 1 fully saturated rings. The van der Waals surface area contributed by atoms with E-state index in [1.165, 1.54) is 0 Å². The van der Waals surface area contributed by atoms with Crippen molar-refractivity contribution >= 4 is 29.1 Å². The molecule has 1 aliphatic rings.